The summed E-state index contributed by atoms with van der Waals surface area (Å²) in [5.74, 6) is -0.734. The van der Waals surface area contributed by atoms with E-state index in [0.29, 0.717) is 0 Å². The van der Waals surface area contributed by atoms with Gasteiger partial charge in [0.2, 0.25) is 0 Å². The molecule has 6 heteroatoms. The summed E-state index contributed by atoms with van der Waals surface area (Å²) in [6.07, 6.45) is -4.54. The van der Waals surface area contributed by atoms with Crippen molar-refractivity contribution in [2.24, 2.45) is 0 Å². The third kappa shape index (κ3) is 2.75. The van der Waals surface area contributed by atoms with E-state index in [1.165, 1.54) is 12.1 Å². The van der Waals surface area contributed by atoms with Gasteiger partial charge in [0, 0.05) is 11.0 Å². The predicted molar refractivity (Wildman–Crippen MR) is 57.2 cm³/mol. The van der Waals surface area contributed by atoms with Gasteiger partial charge in [0.15, 0.2) is 0 Å². The van der Waals surface area contributed by atoms with Crippen LogP contribution in [0.3, 0.4) is 0 Å². The van der Waals surface area contributed by atoms with E-state index in [4.69, 9.17) is 0 Å². The molecule has 1 rings (SSSR count). The Balaban J connectivity index is 3.30. The third-order valence-corrected chi connectivity index (χ3v) is 2.54. The fraction of sp³-hybridized carbons (Fsp3) is 0.300. The molecule has 16 heavy (non-hydrogen) atoms. The van der Waals surface area contributed by atoms with E-state index in [2.05, 4.69) is 21.2 Å². The minimum absolute atomic E-state index is 0.133. The Bertz CT molecular complexity index is 404. The average molecular weight is 296 g/mol. The smallest absolute Gasteiger partial charge is 0.352 e. The predicted octanol–water partition coefficient (Wildman–Crippen LogP) is 3.22. The molecule has 2 nitrogen and oxygen atoms in total. The summed E-state index contributed by atoms with van der Waals surface area (Å²) >= 11 is 2.95. The molecule has 88 valence electrons. The third-order valence-electron chi connectivity index (χ3n) is 1.88. The van der Waals surface area contributed by atoms with Gasteiger partial charge in [-0.15, -0.1) is 0 Å². The molecule has 0 aliphatic heterocycles. The van der Waals surface area contributed by atoms with Gasteiger partial charge in [-0.2, -0.15) is 13.2 Å². The monoisotopic (exact) mass is 295 g/mol. The van der Waals surface area contributed by atoms with Crippen LogP contribution in [-0.4, -0.2) is 12.5 Å². The molecule has 0 unspecified atom stereocenters. The van der Waals surface area contributed by atoms with Crippen molar-refractivity contribution in [1.82, 2.24) is 5.32 Å². The molecule has 0 saturated carbocycles. The lowest BCUT2D eigenvalue weighted by molar-refractivity contribution is -0.138. The van der Waals surface area contributed by atoms with Gasteiger partial charge in [0.1, 0.15) is 0 Å². The van der Waals surface area contributed by atoms with Crippen molar-refractivity contribution in [1.29, 1.82) is 0 Å². The summed E-state index contributed by atoms with van der Waals surface area (Å²) in [4.78, 5) is 11.5. The van der Waals surface area contributed by atoms with Crippen molar-refractivity contribution in [3.63, 3.8) is 0 Å². The highest BCUT2D eigenvalue weighted by atomic mass is 79.9. The lowest BCUT2D eigenvalue weighted by Gasteiger charge is -2.13. The van der Waals surface area contributed by atoms with Crippen LogP contribution in [0.2, 0.25) is 0 Å². The van der Waals surface area contributed by atoms with E-state index in [1.807, 2.05) is 0 Å². The standard InChI is InChI=1S/C10H9BrF3NO/c1-2-15-9(16)8-6(10(12,13)14)4-3-5-7(8)11/h3-5H,2H2,1H3,(H,15,16). The molecule has 0 bridgehead atoms. The van der Waals surface area contributed by atoms with Gasteiger partial charge in [-0.1, -0.05) is 6.07 Å². The first kappa shape index (κ1) is 13.0. The molecular formula is C10H9BrF3NO. The fourth-order valence-corrected chi connectivity index (χ4v) is 1.79. The number of nitrogens with one attached hydrogen (secondary N) is 1. The Hall–Kier alpha value is -1.04. The fourth-order valence-electron chi connectivity index (χ4n) is 1.24. The Morgan fingerprint density at radius 2 is 2.06 bits per heavy atom. The number of benzene rings is 1. The molecule has 0 heterocycles. The summed E-state index contributed by atoms with van der Waals surface area (Å²) in [5.41, 5.74) is -1.32. The van der Waals surface area contributed by atoms with Crippen LogP contribution in [-0.2, 0) is 6.18 Å². The number of rotatable bonds is 2. The number of carbonyl (C=O) groups is 1. The Morgan fingerprint density at radius 1 is 1.44 bits per heavy atom. The number of alkyl halides is 3. The molecule has 1 N–H and O–H groups in total. The second-order valence-corrected chi connectivity index (χ2v) is 3.87. The highest BCUT2D eigenvalue weighted by molar-refractivity contribution is 9.10. The first-order chi connectivity index (χ1) is 7.38. The van der Waals surface area contributed by atoms with Crippen molar-refractivity contribution in [2.75, 3.05) is 6.54 Å². The van der Waals surface area contributed by atoms with Gasteiger partial charge in [-0.3, -0.25) is 4.79 Å². The number of halogens is 4. The van der Waals surface area contributed by atoms with Crippen LogP contribution in [0.5, 0.6) is 0 Å². The zero-order valence-electron chi connectivity index (χ0n) is 8.36. The molecule has 0 spiro atoms. The van der Waals surface area contributed by atoms with Crippen molar-refractivity contribution in [3.8, 4) is 0 Å². The molecule has 0 saturated heterocycles. The van der Waals surface area contributed by atoms with Crippen molar-refractivity contribution < 1.29 is 18.0 Å². The maximum absolute atomic E-state index is 12.6. The second-order valence-electron chi connectivity index (χ2n) is 3.02. The zero-order valence-corrected chi connectivity index (χ0v) is 9.95. The lowest BCUT2D eigenvalue weighted by atomic mass is 10.1. The summed E-state index contributed by atoms with van der Waals surface area (Å²) < 4.78 is 38.0. The first-order valence-electron chi connectivity index (χ1n) is 4.51. The van der Waals surface area contributed by atoms with Gasteiger partial charge >= 0.3 is 6.18 Å². The molecule has 0 aliphatic carbocycles. The molecule has 0 aromatic heterocycles. The van der Waals surface area contributed by atoms with Crippen LogP contribution in [0.25, 0.3) is 0 Å². The summed E-state index contributed by atoms with van der Waals surface area (Å²) in [6, 6.07) is 3.53. The average Bonchev–Trinajstić information content (AvgIpc) is 2.16. The zero-order chi connectivity index (χ0) is 12.3. The van der Waals surface area contributed by atoms with Crippen LogP contribution in [0.1, 0.15) is 22.8 Å². The van der Waals surface area contributed by atoms with Crippen molar-refractivity contribution in [3.05, 3.63) is 33.8 Å². The highest BCUT2D eigenvalue weighted by Gasteiger charge is 2.35. The van der Waals surface area contributed by atoms with E-state index >= 15 is 0 Å². The normalized spacial score (nSPS) is 11.3. The Morgan fingerprint density at radius 3 is 2.56 bits per heavy atom. The minimum Gasteiger partial charge on any atom is -0.352 e. The first-order valence-corrected chi connectivity index (χ1v) is 5.31. The molecule has 0 aliphatic rings. The highest BCUT2D eigenvalue weighted by Crippen LogP contribution is 2.34. The van der Waals surface area contributed by atoms with Crippen LogP contribution in [0.15, 0.2) is 22.7 Å². The van der Waals surface area contributed by atoms with Crippen LogP contribution in [0, 0.1) is 0 Å². The molecule has 1 amide bonds. The summed E-state index contributed by atoms with van der Waals surface area (Å²) in [5, 5.41) is 2.35. The molecule has 1 aromatic rings. The van der Waals surface area contributed by atoms with E-state index in [0.717, 1.165) is 6.07 Å². The van der Waals surface area contributed by atoms with Gasteiger partial charge in [0.25, 0.3) is 5.91 Å². The van der Waals surface area contributed by atoms with E-state index in [-0.39, 0.29) is 16.6 Å². The second kappa shape index (κ2) is 4.86. The van der Waals surface area contributed by atoms with Gasteiger partial charge in [-0.05, 0) is 35.0 Å². The van der Waals surface area contributed by atoms with Crippen LogP contribution in [0.4, 0.5) is 13.2 Å². The van der Waals surface area contributed by atoms with E-state index < -0.39 is 17.6 Å². The number of carbonyl (C=O) groups excluding carboxylic acids is 1. The lowest BCUT2D eigenvalue weighted by Crippen LogP contribution is -2.26. The van der Waals surface area contributed by atoms with Gasteiger partial charge < -0.3 is 5.32 Å². The van der Waals surface area contributed by atoms with Crippen molar-refractivity contribution in [2.45, 2.75) is 13.1 Å². The van der Waals surface area contributed by atoms with Crippen LogP contribution < -0.4 is 5.32 Å². The van der Waals surface area contributed by atoms with Crippen molar-refractivity contribution >= 4 is 21.8 Å². The summed E-state index contributed by atoms with van der Waals surface area (Å²) in [7, 11) is 0. The molecule has 0 radical (unpaired) electrons. The number of hydrogen-bond acceptors (Lipinski definition) is 1. The Labute approximate surface area is 99.0 Å². The summed E-state index contributed by atoms with van der Waals surface area (Å²) in [6.45, 7) is 1.92. The van der Waals surface area contributed by atoms with E-state index in [9.17, 15) is 18.0 Å². The topological polar surface area (TPSA) is 29.1 Å². The largest absolute Gasteiger partial charge is 0.417 e. The number of amides is 1. The molecule has 1 aromatic carbocycles. The maximum Gasteiger partial charge on any atom is 0.417 e. The SMILES string of the molecule is CCNC(=O)c1c(Br)cccc1C(F)(F)F. The van der Waals surface area contributed by atoms with Crippen LogP contribution >= 0.6 is 15.9 Å². The van der Waals surface area contributed by atoms with Gasteiger partial charge in [0.05, 0.1) is 11.1 Å². The Kier molecular flexibility index (Phi) is 3.96. The van der Waals surface area contributed by atoms with E-state index in [1.54, 1.807) is 6.92 Å². The molecule has 0 fully saturated rings. The minimum atomic E-state index is -4.54. The quantitative estimate of drug-likeness (QED) is 0.892. The maximum atomic E-state index is 12.6. The van der Waals surface area contributed by atoms with Gasteiger partial charge in [-0.25, -0.2) is 0 Å². The molecular weight excluding hydrogens is 287 g/mol. The molecule has 0 atom stereocenters. The number of hydrogen-bond donors (Lipinski definition) is 1.